The van der Waals surface area contributed by atoms with Crippen LogP contribution in [0.4, 0.5) is 5.95 Å². The highest BCUT2D eigenvalue weighted by Gasteiger charge is 2.35. The number of nitrogens with two attached hydrogens (primary N) is 1. The minimum absolute atomic E-state index is 0.0171. The summed E-state index contributed by atoms with van der Waals surface area (Å²) in [7, 11) is 0. The summed E-state index contributed by atoms with van der Waals surface area (Å²) in [6, 6.07) is 0. The van der Waals surface area contributed by atoms with Crippen LogP contribution in [0.1, 0.15) is 12.6 Å². The number of imidazole rings is 1. The van der Waals surface area contributed by atoms with Crippen molar-refractivity contribution in [3.8, 4) is 0 Å². The first-order valence-corrected chi connectivity index (χ1v) is 5.77. The lowest BCUT2D eigenvalue weighted by Gasteiger charge is -2.13. The Bertz CT molecular complexity index is 665. The Hall–Kier alpha value is -1.97. The van der Waals surface area contributed by atoms with Gasteiger partial charge in [-0.15, -0.1) is 0 Å². The largest absolute Gasteiger partial charge is 0.394 e. The maximum Gasteiger partial charge on any atom is 0.280 e. The van der Waals surface area contributed by atoms with Crippen LogP contribution in [0.5, 0.6) is 0 Å². The van der Waals surface area contributed by atoms with Crippen molar-refractivity contribution in [3.05, 3.63) is 16.7 Å². The minimum Gasteiger partial charge on any atom is -0.394 e. The zero-order valence-electron chi connectivity index (χ0n) is 9.85. The van der Waals surface area contributed by atoms with Gasteiger partial charge in [0, 0.05) is 6.42 Å². The van der Waals surface area contributed by atoms with Gasteiger partial charge < -0.3 is 20.7 Å². The second kappa shape index (κ2) is 4.30. The highest BCUT2D eigenvalue weighted by Crippen LogP contribution is 2.30. The van der Waals surface area contributed by atoms with E-state index in [1.165, 1.54) is 10.9 Å². The third-order valence-electron chi connectivity index (χ3n) is 3.15. The van der Waals surface area contributed by atoms with Gasteiger partial charge in [0.05, 0.1) is 19.0 Å². The van der Waals surface area contributed by atoms with Crippen LogP contribution in [0.3, 0.4) is 0 Å². The lowest BCUT2D eigenvalue weighted by Crippen LogP contribution is -2.24. The summed E-state index contributed by atoms with van der Waals surface area (Å²) < 4.78 is 7.01. The van der Waals surface area contributed by atoms with Gasteiger partial charge in [0.25, 0.3) is 5.56 Å². The molecule has 0 aliphatic carbocycles. The first kappa shape index (κ1) is 12.1. The fourth-order valence-electron chi connectivity index (χ4n) is 2.20. The molecule has 0 unspecified atom stereocenters. The average molecular weight is 267 g/mol. The number of aromatic amines is 1. The molecule has 2 aromatic heterocycles. The van der Waals surface area contributed by atoms with Crippen LogP contribution in [0.2, 0.25) is 0 Å². The first-order chi connectivity index (χ1) is 9.10. The molecule has 0 bridgehead atoms. The van der Waals surface area contributed by atoms with E-state index in [0.29, 0.717) is 0 Å². The Morgan fingerprint density at radius 1 is 1.63 bits per heavy atom. The molecule has 3 heterocycles. The van der Waals surface area contributed by atoms with E-state index >= 15 is 0 Å². The van der Waals surface area contributed by atoms with Crippen molar-refractivity contribution in [2.24, 2.45) is 0 Å². The van der Waals surface area contributed by atoms with E-state index in [-0.39, 0.29) is 30.1 Å². The van der Waals surface area contributed by atoms with Gasteiger partial charge in [0.15, 0.2) is 11.2 Å². The van der Waals surface area contributed by atoms with Crippen LogP contribution in [0, 0.1) is 0 Å². The lowest BCUT2D eigenvalue weighted by molar-refractivity contribution is -0.0432. The summed E-state index contributed by atoms with van der Waals surface area (Å²) >= 11 is 0. The summed E-state index contributed by atoms with van der Waals surface area (Å²) in [6.45, 7) is -0.277. The smallest absolute Gasteiger partial charge is 0.280 e. The minimum atomic E-state index is -0.771. The summed E-state index contributed by atoms with van der Waals surface area (Å²) in [6.07, 6.45) is -0.270. The van der Waals surface area contributed by atoms with Gasteiger partial charge in [-0.3, -0.25) is 14.3 Å². The molecule has 0 aromatic carbocycles. The number of fused-ring (bicyclic) bond motifs is 1. The van der Waals surface area contributed by atoms with Crippen LogP contribution in [0.15, 0.2) is 11.1 Å². The maximum atomic E-state index is 11.6. The number of hydrogen-bond acceptors (Lipinski definition) is 7. The Balaban J connectivity index is 2.05. The number of hydrogen-bond donors (Lipinski definition) is 4. The maximum absolute atomic E-state index is 11.6. The second-order valence-electron chi connectivity index (χ2n) is 4.39. The highest BCUT2D eigenvalue weighted by atomic mass is 16.5. The highest BCUT2D eigenvalue weighted by molar-refractivity contribution is 5.70. The van der Waals surface area contributed by atoms with E-state index in [0.717, 1.165) is 0 Å². The molecule has 0 amide bonds. The van der Waals surface area contributed by atoms with Gasteiger partial charge in [-0.1, -0.05) is 0 Å². The summed E-state index contributed by atoms with van der Waals surface area (Å²) in [5.41, 5.74) is 5.50. The molecule has 9 heteroatoms. The van der Waals surface area contributed by atoms with Gasteiger partial charge in [0.2, 0.25) is 5.95 Å². The normalized spacial score (nSPS) is 27.2. The number of nitrogen functional groups attached to an aromatic ring is 1. The molecular formula is C10H13N5O4. The monoisotopic (exact) mass is 267 g/mol. The SMILES string of the molecule is Nc1nc2c(ncn2[C@H]2C[C@@H](O)[C@H](CO)O2)c(=O)[nH]1. The van der Waals surface area contributed by atoms with Gasteiger partial charge in [-0.05, 0) is 0 Å². The van der Waals surface area contributed by atoms with Crippen LogP contribution in [0.25, 0.3) is 11.2 Å². The van der Waals surface area contributed by atoms with Crippen molar-refractivity contribution in [2.75, 3.05) is 12.3 Å². The fourth-order valence-corrected chi connectivity index (χ4v) is 2.20. The topological polar surface area (TPSA) is 139 Å². The Morgan fingerprint density at radius 3 is 3.11 bits per heavy atom. The van der Waals surface area contributed by atoms with Gasteiger partial charge in [-0.2, -0.15) is 4.98 Å². The summed E-state index contributed by atoms with van der Waals surface area (Å²) in [4.78, 5) is 22.0. The van der Waals surface area contributed by atoms with Crippen molar-refractivity contribution < 1.29 is 14.9 Å². The zero-order valence-corrected chi connectivity index (χ0v) is 9.85. The molecule has 0 saturated carbocycles. The standard InChI is InChI=1S/C10H13N5O4/c11-10-13-8-7(9(18)14-10)12-3-15(8)6-1-4(17)5(2-16)19-6/h3-6,16-17H,1-2H2,(H3,11,13,14,18)/t4-,5+,6-/m1/s1. The zero-order chi connectivity index (χ0) is 13.6. The van der Waals surface area contributed by atoms with Crippen LogP contribution in [-0.4, -0.2) is 48.5 Å². The number of nitrogens with one attached hydrogen (secondary N) is 1. The summed E-state index contributed by atoms with van der Waals surface area (Å²) in [5.74, 6) is -0.0171. The molecule has 2 aromatic rings. The van der Waals surface area contributed by atoms with Crippen LogP contribution >= 0.6 is 0 Å². The van der Waals surface area contributed by atoms with Gasteiger partial charge in [0.1, 0.15) is 12.3 Å². The number of aliphatic hydroxyl groups is 2. The molecule has 9 nitrogen and oxygen atoms in total. The number of aliphatic hydroxyl groups excluding tert-OH is 2. The molecule has 5 N–H and O–H groups in total. The lowest BCUT2D eigenvalue weighted by atomic mass is 10.2. The van der Waals surface area contributed by atoms with Crippen molar-refractivity contribution in [3.63, 3.8) is 0 Å². The van der Waals surface area contributed by atoms with Crippen molar-refractivity contribution in [1.82, 2.24) is 19.5 Å². The number of rotatable bonds is 2. The van der Waals surface area contributed by atoms with E-state index in [9.17, 15) is 9.90 Å². The number of H-pyrrole nitrogens is 1. The molecule has 1 saturated heterocycles. The van der Waals surface area contributed by atoms with E-state index in [2.05, 4.69) is 15.0 Å². The van der Waals surface area contributed by atoms with E-state index in [1.54, 1.807) is 0 Å². The predicted molar refractivity (Wildman–Crippen MR) is 64.2 cm³/mol. The van der Waals surface area contributed by atoms with Crippen LogP contribution in [-0.2, 0) is 4.74 Å². The molecule has 1 aliphatic rings. The van der Waals surface area contributed by atoms with Gasteiger partial charge >= 0.3 is 0 Å². The van der Waals surface area contributed by atoms with Crippen LogP contribution < -0.4 is 11.3 Å². The molecule has 3 atom stereocenters. The summed E-state index contributed by atoms with van der Waals surface area (Å²) in [5, 5.41) is 18.8. The van der Waals surface area contributed by atoms with Crippen molar-refractivity contribution in [1.29, 1.82) is 0 Å². The molecule has 1 aliphatic heterocycles. The number of ether oxygens (including phenoxy) is 1. The van der Waals surface area contributed by atoms with E-state index < -0.39 is 24.0 Å². The average Bonchev–Trinajstić information content (AvgIpc) is 2.92. The third kappa shape index (κ3) is 1.87. The van der Waals surface area contributed by atoms with E-state index in [1.807, 2.05) is 0 Å². The first-order valence-electron chi connectivity index (χ1n) is 5.77. The molecule has 102 valence electrons. The Morgan fingerprint density at radius 2 is 2.42 bits per heavy atom. The van der Waals surface area contributed by atoms with Gasteiger partial charge in [-0.25, -0.2) is 4.98 Å². The molecule has 19 heavy (non-hydrogen) atoms. The molecule has 1 fully saturated rings. The second-order valence-corrected chi connectivity index (χ2v) is 4.39. The van der Waals surface area contributed by atoms with Crippen molar-refractivity contribution in [2.45, 2.75) is 24.9 Å². The number of anilines is 1. The molecule has 3 rings (SSSR count). The Kier molecular flexibility index (Phi) is 2.73. The quantitative estimate of drug-likeness (QED) is 0.510. The van der Waals surface area contributed by atoms with Crippen molar-refractivity contribution >= 4 is 17.1 Å². The number of aromatic nitrogens is 4. The molecule has 0 radical (unpaired) electrons. The molecule has 0 spiro atoms. The fraction of sp³-hybridized carbons (Fsp3) is 0.500. The predicted octanol–water partition coefficient (Wildman–Crippen LogP) is -1.66. The van der Waals surface area contributed by atoms with E-state index in [4.69, 9.17) is 15.6 Å². The molecular weight excluding hydrogens is 254 g/mol. The third-order valence-corrected chi connectivity index (χ3v) is 3.15. The number of nitrogens with zero attached hydrogens (tertiary/aromatic N) is 3. The Labute approximate surface area is 106 Å².